The van der Waals surface area contributed by atoms with Crippen molar-refractivity contribution in [2.45, 2.75) is 232 Å². The zero-order valence-corrected chi connectivity index (χ0v) is 86.9. The highest BCUT2D eigenvalue weighted by Gasteiger charge is 2.34. The number of nitrogens with one attached hydrogen (secondary N) is 1. The molecule has 19 N–H and O–H groups in total. The highest BCUT2D eigenvalue weighted by atomic mass is 80.9. The molecule has 0 saturated heterocycles. The van der Waals surface area contributed by atoms with Crippen molar-refractivity contribution in [1.82, 2.24) is 30.2 Å². The number of thiazole rings is 5. The average molecular weight is 2180 g/mol. The van der Waals surface area contributed by atoms with E-state index in [2.05, 4.69) is 200 Å². The van der Waals surface area contributed by atoms with E-state index in [1.807, 2.05) is 20.9 Å². The number of aryl methyl sites for hydroxylation is 5. The summed E-state index contributed by atoms with van der Waals surface area (Å²) in [5, 5.41) is 27.3. The van der Waals surface area contributed by atoms with E-state index in [1.165, 1.54) is 120 Å². The molecule has 7 aliphatic rings. The molecule has 0 bridgehead atoms. The first-order valence-electron chi connectivity index (χ1n) is 41.4. The molecule has 0 radical (unpaired) electrons. The quantitative estimate of drug-likeness (QED) is 0.0113. The molecule has 15 rings (SSSR count). The largest absolute Gasteiger partial charge is 0.397 e. The number of likely N-dealkylation sites (N-methyl/N-ethyl adjacent to an activating group) is 1. The molecule has 27 nitrogen and oxygen atoms in total. The van der Waals surface area contributed by atoms with Crippen molar-refractivity contribution < 1.29 is 59.9 Å². The van der Waals surface area contributed by atoms with Gasteiger partial charge in [-0.2, -0.15) is 8.42 Å². The third-order valence-electron chi connectivity index (χ3n) is 19.8. The van der Waals surface area contributed by atoms with Gasteiger partial charge in [-0.25, -0.2) is 33.3 Å². The third-order valence-corrected chi connectivity index (χ3v) is 28.6. The van der Waals surface area contributed by atoms with Crippen LogP contribution in [-0.4, -0.2) is 157 Å². The molecule has 8 unspecified atom stereocenters. The molecule has 720 valence electrons. The van der Waals surface area contributed by atoms with Gasteiger partial charge in [0.05, 0.1) is 76.8 Å². The van der Waals surface area contributed by atoms with Gasteiger partial charge in [0.25, 0.3) is 10.1 Å². The van der Waals surface area contributed by atoms with Gasteiger partial charge in [-0.05, 0) is 207 Å². The van der Waals surface area contributed by atoms with Crippen molar-refractivity contribution in [3.63, 3.8) is 0 Å². The Hall–Kier alpha value is -5.04. The van der Waals surface area contributed by atoms with E-state index in [4.69, 9.17) is 53.5 Å². The standard InChI is InChI=1S/C18H15P.C9H15N3S.C9H14N2O3S2.C9H12N2OS.C8H11BrO2.C8H13N3S.C8H12N2OS.C8H12O2.C4H10O.C2H6O.CH3ClO2S.CH4N2S.2CH4.Br2.ClH/c1-4-10-16(11-5-1)19(17-12-6-2-7-13-17)18-14-8-3-9-15-18;1-11-5-6-3-2-4-7-8(6)12-9(10)13-7;1-16(12,13)14-5-6-3-2-4-7-8(6)11-9(10)15-7;1-5(12)6-3-2-4-7-8(6)11-9(10)13-7;1-5(10)6-3-2-4-7(9)8(6)11;9-4-5-2-1-3-6-7(5)11-8(10)12-6;9-8-10-7-5(4-11)2-1-3-6(7)12-8;1-6(9)7-4-2-3-5-8(7)10;1-3-5-4-2;1-2-3;1-5(2,3)4;2-1(3)4;;;1-2;/h1-15H;6,11H,2-5H2,1H3,(H2,10,12);6H,2-5H2,1H3,(H2,10,11);6H,2-4H2,1H3,(H2,10,11);6-7H,2-4H2,1H3;5H,1-4,9H2,(H2,10,11);5,11H,1-4H2,(H2,9,10);7H,2-5H2,1H3;3-4H2,1-2H3;3H,2H2,1H3;1H3;(H4,2,3,4);2*1H4;;1H. The van der Waals surface area contributed by atoms with Gasteiger partial charge in [0.15, 0.2) is 36.6 Å². The Kier molecular flexibility index (Phi) is 64.5. The van der Waals surface area contributed by atoms with E-state index >= 15 is 0 Å². The van der Waals surface area contributed by atoms with Gasteiger partial charge in [0.2, 0.25) is 9.05 Å². The maximum absolute atomic E-state index is 11.3. The number of ether oxygens (including phenoxy) is 1. The molecule has 5 aromatic heterocycles. The third kappa shape index (κ3) is 46.7. The number of ketones is 5. The number of aliphatic hydroxyl groups is 2. The van der Waals surface area contributed by atoms with Gasteiger partial charge >= 0.3 is 0 Å². The zero-order valence-electron chi connectivity index (χ0n) is 73.2. The highest BCUT2D eigenvalue weighted by molar-refractivity contribution is 9.93. The SMILES string of the molecule is BrBr.C.C.CC(=O)C1CCCC(Br)C1=O.CC(=O)C1CCCCC1=O.CC(=O)C1CCCc2sc(N)nc21.CCO.CCOCC.CNCC1CCCc2sc(N)nc21.CS(=O)(=O)Cl.CS(=O)(=O)OCC1CCCc2sc(N)nc21.Cl.NC(N)=S.NCC1CCCc2sc(N)nc21.Nc1nc2c(s1)CCCC2CO.c1ccc(P(c2ccccc2)c2ccccc2)cc1. The summed E-state index contributed by atoms with van der Waals surface area (Å²) in [5.41, 5.74) is 48.5. The van der Waals surface area contributed by atoms with Crippen LogP contribution in [0.1, 0.15) is 248 Å². The van der Waals surface area contributed by atoms with Crippen LogP contribution >= 0.6 is 144 Å². The van der Waals surface area contributed by atoms with Crippen LogP contribution in [0.3, 0.4) is 0 Å². The minimum absolute atomic E-state index is 0. The topological polar surface area (TPSA) is 497 Å². The summed E-state index contributed by atoms with van der Waals surface area (Å²) < 4.78 is 50.3. The first-order valence-corrected chi connectivity index (χ1v) is 56.4. The lowest BCUT2D eigenvalue weighted by atomic mass is 9.85. The van der Waals surface area contributed by atoms with Crippen molar-refractivity contribution in [2.75, 3.05) is 94.4 Å². The van der Waals surface area contributed by atoms with E-state index < -0.39 is 27.1 Å². The number of rotatable bonds is 15. The summed E-state index contributed by atoms with van der Waals surface area (Å²) in [6.07, 6.45) is 24.5. The van der Waals surface area contributed by atoms with E-state index in [0.29, 0.717) is 45.3 Å². The Bertz CT molecular complexity index is 4580. The maximum atomic E-state index is 11.3. The monoisotopic (exact) mass is 2180 g/mol. The number of carbonyl (C=O) groups excluding carboxylic acids is 5. The van der Waals surface area contributed by atoms with Gasteiger partial charge in [-0.3, -0.25) is 28.2 Å². The number of nitrogen functional groups attached to an aromatic ring is 5. The second-order valence-electron chi connectivity index (χ2n) is 29.5. The van der Waals surface area contributed by atoms with Crippen LogP contribution in [0.2, 0.25) is 0 Å². The number of nitrogens with zero attached hydrogens (tertiary/aromatic N) is 5. The van der Waals surface area contributed by atoms with Crippen molar-refractivity contribution in [3.8, 4) is 0 Å². The van der Waals surface area contributed by atoms with Crippen LogP contribution in [0, 0.1) is 11.8 Å². The van der Waals surface area contributed by atoms with Crippen molar-refractivity contribution in [1.29, 1.82) is 0 Å². The number of carbonyl (C=O) groups is 5. The molecule has 8 atom stereocenters. The smallest absolute Gasteiger partial charge is 0.264 e. The minimum Gasteiger partial charge on any atom is -0.397 e. The molecule has 0 amide bonds. The molecule has 8 aromatic rings. The van der Waals surface area contributed by atoms with Gasteiger partial charge in [-0.1, -0.05) is 135 Å². The Balaban J connectivity index is 0.00000140. The van der Waals surface area contributed by atoms with Crippen LogP contribution in [0.4, 0.5) is 25.7 Å². The van der Waals surface area contributed by atoms with E-state index in [-0.39, 0.29) is 116 Å². The number of aliphatic hydroxyl groups excluding tert-OH is 2. The van der Waals surface area contributed by atoms with E-state index in [0.717, 1.165) is 157 Å². The molecule has 3 aromatic carbocycles. The number of hydrogen-bond donors (Lipinski definition) is 11. The van der Waals surface area contributed by atoms with Crippen LogP contribution in [0.5, 0.6) is 0 Å². The fraction of sp³-hybridized carbons (Fsp3) is 0.552. The summed E-state index contributed by atoms with van der Waals surface area (Å²) in [5.74, 6) is 1.27. The van der Waals surface area contributed by atoms with Gasteiger partial charge in [-0.15, -0.1) is 69.1 Å². The predicted octanol–water partition coefficient (Wildman–Crippen LogP) is 16.7. The number of nitrogens with two attached hydrogens (primary N) is 8. The number of hydrogen-bond acceptors (Lipinski definition) is 31. The molecule has 2 saturated carbocycles. The first kappa shape index (κ1) is 123. The van der Waals surface area contributed by atoms with Crippen molar-refractivity contribution in [2.24, 2.45) is 29.0 Å². The zero-order chi connectivity index (χ0) is 93.4. The predicted molar refractivity (Wildman–Crippen MR) is 556 cm³/mol. The number of benzene rings is 3. The lowest BCUT2D eigenvalue weighted by Gasteiger charge is -2.21. The molecule has 5 heterocycles. The summed E-state index contributed by atoms with van der Waals surface area (Å²) in [6, 6.07) is 32.3. The second-order valence-corrected chi connectivity index (χ2v) is 43.6. The summed E-state index contributed by atoms with van der Waals surface area (Å²) in [7, 11) is -0.523. The Labute approximate surface area is 820 Å². The Morgan fingerprint density at radius 2 is 0.828 bits per heavy atom. The lowest BCUT2D eigenvalue weighted by molar-refractivity contribution is -0.134. The van der Waals surface area contributed by atoms with E-state index in [1.54, 1.807) is 47.9 Å². The van der Waals surface area contributed by atoms with Gasteiger partial charge in [0.1, 0.15) is 23.1 Å². The number of alkyl halides is 1. The fourth-order valence-electron chi connectivity index (χ4n) is 14.4. The van der Waals surface area contributed by atoms with Crippen LogP contribution < -0.4 is 67.1 Å². The molecule has 0 spiro atoms. The number of aromatic nitrogens is 5. The second kappa shape index (κ2) is 67.2. The van der Waals surface area contributed by atoms with Crippen LogP contribution in [-0.2, 0) is 84.2 Å². The lowest BCUT2D eigenvalue weighted by Crippen LogP contribution is -2.32. The Morgan fingerprint density at radius 3 is 1.15 bits per heavy atom. The van der Waals surface area contributed by atoms with Gasteiger partial charge < -0.3 is 66.1 Å². The van der Waals surface area contributed by atoms with Crippen molar-refractivity contribution >= 4 is 239 Å². The fourth-order valence-corrected chi connectivity index (χ4v) is 22.5. The molecule has 128 heavy (non-hydrogen) atoms. The molecule has 7 aliphatic carbocycles. The molecular weight excluding hydrogens is 2050 g/mol. The molecule has 41 heteroatoms. The highest BCUT2D eigenvalue weighted by Crippen LogP contribution is 2.41. The van der Waals surface area contributed by atoms with Crippen LogP contribution in [0.15, 0.2) is 91.0 Å². The average Bonchev–Trinajstić information content (AvgIpc) is 1.68. The minimum atomic E-state index is -3.37. The van der Waals surface area contributed by atoms with Gasteiger partial charge in [0, 0.05) is 126 Å². The first-order chi connectivity index (χ1) is 59.4. The number of halogens is 5. The number of fused-ring (bicyclic) bond motifs is 5. The maximum Gasteiger partial charge on any atom is 0.264 e. The van der Waals surface area contributed by atoms with Crippen molar-refractivity contribution in [3.05, 3.63) is 144 Å². The molecular formula is C87H136Br3Cl2N14O13PS8. The summed E-state index contributed by atoms with van der Waals surface area (Å²) in [6.45, 7) is 14.3. The normalized spacial score (nSPS) is 18.6. The summed E-state index contributed by atoms with van der Waals surface area (Å²) >= 11 is 20.7. The molecule has 2 fully saturated rings. The Morgan fingerprint density at radius 1 is 0.516 bits per heavy atom. The summed E-state index contributed by atoms with van der Waals surface area (Å²) in [4.78, 5) is 83.1. The number of Topliss-reactive ketones (excluding diaryl/α,β-unsaturated/α-hetero) is 5. The number of thiocarbonyl (C=S) groups is 1. The molecule has 0 aliphatic heterocycles. The van der Waals surface area contributed by atoms with Crippen LogP contribution in [0.25, 0.3) is 0 Å². The number of anilines is 5. The van der Waals surface area contributed by atoms with E-state index in [9.17, 15) is 40.8 Å².